The Morgan fingerprint density at radius 3 is 1.89 bits per heavy atom. The summed E-state index contributed by atoms with van der Waals surface area (Å²) in [6.07, 6.45) is 0. The number of rotatable bonds is 7. The molecule has 2 heterocycles. The van der Waals surface area contributed by atoms with Crippen LogP contribution in [0.15, 0.2) is 224 Å². The molecule has 0 saturated heterocycles. The molecule has 1 aliphatic carbocycles. The Hall–Kier alpha value is -8.01. The van der Waals surface area contributed by atoms with Gasteiger partial charge in [0.1, 0.15) is 0 Å². The average Bonchev–Trinajstić information content (AvgIpc) is 3.79. The lowest BCUT2D eigenvalue weighted by Gasteiger charge is -2.30. The van der Waals surface area contributed by atoms with Crippen molar-refractivity contribution in [1.82, 2.24) is 9.55 Å². The van der Waals surface area contributed by atoms with E-state index in [2.05, 4.69) is 248 Å². The van der Waals surface area contributed by atoms with Crippen molar-refractivity contribution in [3.63, 3.8) is 0 Å². The van der Waals surface area contributed by atoms with E-state index in [1.165, 1.54) is 55.2 Å². The molecule has 0 radical (unpaired) electrons. The molecule has 0 bridgehead atoms. The number of para-hydroxylation sites is 3. The van der Waals surface area contributed by atoms with Crippen molar-refractivity contribution in [3.8, 4) is 50.3 Å². The second-order valence-electron chi connectivity index (χ2n) is 17.2. The molecular weight excluding hydrogens is 763 g/mol. The van der Waals surface area contributed by atoms with Gasteiger partial charge in [0.05, 0.1) is 27.9 Å². The van der Waals surface area contributed by atoms with Gasteiger partial charge in [0, 0.05) is 44.2 Å². The highest BCUT2D eigenvalue weighted by Gasteiger charge is 2.36. The predicted molar refractivity (Wildman–Crippen MR) is 265 cm³/mol. The van der Waals surface area contributed by atoms with Crippen LogP contribution < -0.4 is 4.90 Å². The normalized spacial score (nSPS) is 12.7. The fourth-order valence-electron chi connectivity index (χ4n) is 10.0. The summed E-state index contributed by atoms with van der Waals surface area (Å²) >= 11 is 0. The third-order valence-corrected chi connectivity index (χ3v) is 13.2. The summed E-state index contributed by atoms with van der Waals surface area (Å²) in [6.45, 7) is 4.71. The quantitative estimate of drug-likeness (QED) is 0.160. The summed E-state index contributed by atoms with van der Waals surface area (Å²) in [7, 11) is 0. The van der Waals surface area contributed by atoms with Crippen LogP contribution in [0.1, 0.15) is 25.0 Å². The van der Waals surface area contributed by atoms with Crippen LogP contribution in [0.3, 0.4) is 0 Å². The Morgan fingerprint density at radius 1 is 0.413 bits per heavy atom. The molecular formula is C60H43N3. The molecule has 3 heteroatoms. The molecule has 0 N–H and O–H groups in total. The zero-order valence-corrected chi connectivity index (χ0v) is 35.2. The molecule has 63 heavy (non-hydrogen) atoms. The topological polar surface area (TPSA) is 21.1 Å². The van der Waals surface area contributed by atoms with E-state index in [1.807, 2.05) is 0 Å². The first-order chi connectivity index (χ1) is 31.0. The van der Waals surface area contributed by atoms with Gasteiger partial charge in [-0.3, -0.25) is 0 Å². The third kappa shape index (κ3) is 6.07. The molecule has 0 amide bonds. The summed E-state index contributed by atoms with van der Waals surface area (Å²) in [4.78, 5) is 7.77. The van der Waals surface area contributed by atoms with E-state index < -0.39 is 0 Å². The van der Waals surface area contributed by atoms with Crippen LogP contribution >= 0.6 is 0 Å². The minimum atomic E-state index is -0.165. The minimum absolute atomic E-state index is 0.165. The van der Waals surface area contributed by atoms with Crippen molar-refractivity contribution in [3.05, 3.63) is 236 Å². The maximum absolute atomic E-state index is 5.32. The lowest BCUT2D eigenvalue weighted by Crippen LogP contribution is -2.17. The Morgan fingerprint density at radius 2 is 1.03 bits per heavy atom. The summed E-state index contributed by atoms with van der Waals surface area (Å²) < 4.78 is 2.40. The SMILES string of the molecule is CC1(C)c2ccccc2-c2ccc(N(c3ccc(-c4ccccc4)cc3)c3cc(-c4ccc5c6ccccc6n(-c6ccccc6)c5c4)ccc3-c3ccc4ccccc4n3)cc21. The van der Waals surface area contributed by atoms with Gasteiger partial charge >= 0.3 is 0 Å². The van der Waals surface area contributed by atoms with Crippen LogP contribution in [0.5, 0.6) is 0 Å². The highest BCUT2D eigenvalue weighted by atomic mass is 15.1. The van der Waals surface area contributed by atoms with Crippen molar-refractivity contribution in [2.24, 2.45) is 0 Å². The van der Waals surface area contributed by atoms with E-state index in [0.29, 0.717) is 0 Å². The van der Waals surface area contributed by atoms with E-state index in [-0.39, 0.29) is 5.41 Å². The van der Waals surface area contributed by atoms with Crippen molar-refractivity contribution in [2.45, 2.75) is 19.3 Å². The van der Waals surface area contributed by atoms with Gasteiger partial charge in [-0.15, -0.1) is 0 Å². The summed E-state index contributed by atoms with van der Waals surface area (Å²) in [6, 6.07) is 81.6. The van der Waals surface area contributed by atoms with Gasteiger partial charge in [-0.25, -0.2) is 4.98 Å². The molecule has 9 aromatic carbocycles. The summed E-state index contributed by atoms with van der Waals surface area (Å²) in [5, 5.41) is 3.60. The molecule has 0 saturated carbocycles. The largest absolute Gasteiger partial charge is 0.310 e. The molecule has 0 atom stereocenters. The molecule has 298 valence electrons. The van der Waals surface area contributed by atoms with E-state index in [4.69, 9.17) is 4.98 Å². The number of hydrogen-bond acceptors (Lipinski definition) is 2. The number of benzene rings is 9. The van der Waals surface area contributed by atoms with Crippen LogP contribution in [0.2, 0.25) is 0 Å². The molecule has 2 aromatic heterocycles. The zero-order valence-electron chi connectivity index (χ0n) is 35.2. The lowest BCUT2D eigenvalue weighted by atomic mass is 9.82. The standard InChI is InChI=1S/C60H43N3/c1-60(2)53-22-12-10-20-48(53)49-35-32-47(39-54(49)60)62(46-30-25-41(26-31-46)40-15-5-3-6-16-40)59-38-44(28-34-52(59)56-36-29-42-17-9-13-23-55(42)61-56)43-27-33-51-50-21-11-14-24-57(50)63(58(51)37-43)45-18-7-4-8-19-45/h3-39H,1-2H3. The second kappa shape index (κ2) is 14.6. The number of fused-ring (bicyclic) bond motifs is 7. The molecule has 0 unspecified atom stereocenters. The Labute approximate surface area is 367 Å². The number of pyridine rings is 1. The monoisotopic (exact) mass is 805 g/mol. The van der Waals surface area contributed by atoms with Crippen LogP contribution in [-0.4, -0.2) is 9.55 Å². The molecule has 1 aliphatic rings. The highest BCUT2D eigenvalue weighted by molar-refractivity contribution is 6.10. The van der Waals surface area contributed by atoms with E-state index in [9.17, 15) is 0 Å². The first kappa shape index (κ1) is 36.8. The molecule has 3 nitrogen and oxygen atoms in total. The Balaban J connectivity index is 1.10. The molecule has 0 fully saturated rings. The molecule has 0 spiro atoms. The van der Waals surface area contributed by atoms with Crippen LogP contribution in [0, 0.1) is 0 Å². The number of hydrogen-bond donors (Lipinski definition) is 0. The van der Waals surface area contributed by atoms with E-state index in [1.54, 1.807) is 0 Å². The summed E-state index contributed by atoms with van der Waals surface area (Å²) in [5.41, 5.74) is 19.5. The number of nitrogens with zero attached hydrogens (tertiary/aromatic N) is 3. The van der Waals surface area contributed by atoms with Gasteiger partial charge in [0.15, 0.2) is 0 Å². The number of anilines is 3. The van der Waals surface area contributed by atoms with Crippen molar-refractivity contribution < 1.29 is 0 Å². The van der Waals surface area contributed by atoms with Crippen molar-refractivity contribution in [1.29, 1.82) is 0 Å². The van der Waals surface area contributed by atoms with Crippen LogP contribution in [-0.2, 0) is 5.41 Å². The van der Waals surface area contributed by atoms with Crippen LogP contribution in [0.25, 0.3) is 83.0 Å². The Kier molecular flexibility index (Phi) is 8.52. The number of aromatic nitrogens is 2. The smallest absolute Gasteiger partial charge is 0.0730 e. The third-order valence-electron chi connectivity index (χ3n) is 13.2. The van der Waals surface area contributed by atoms with Gasteiger partial charge in [0.25, 0.3) is 0 Å². The van der Waals surface area contributed by atoms with E-state index in [0.717, 1.165) is 56.0 Å². The van der Waals surface area contributed by atoms with Gasteiger partial charge in [-0.05, 0) is 111 Å². The zero-order chi connectivity index (χ0) is 42.1. The van der Waals surface area contributed by atoms with Crippen molar-refractivity contribution >= 4 is 49.8 Å². The fraction of sp³-hybridized carbons (Fsp3) is 0.0500. The molecule has 11 aromatic rings. The fourth-order valence-corrected chi connectivity index (χ4v) is 10.0. The van der Waals surface area contributed by atoms with Crippen molar-refractivity contribution in [2.75, 3.05) is 4.90 Å². The maximum atomic E-state index is 5.32. The van der Waals surface area contributed by atoms with E-state index >= 15 is 0 Å². The first-order valence-corrected chi connectivity index (χ1v) is 21.8. The second-order valence-corrected chi connectivity index (χ2v) is 17.2. The highest BCUT2D eigenvalue weighted by Crippen LogP contribution is 2.52. The van der Waals surface area contributed by atoms with Gasteiger partial charge < -0.3 is 9.47 Å². The minimum Gasteiger partial charge on any atom is -0.310 e. The molecule has 12 rings (SSSR count). The van der Waals surface area contributed by atoms with Gasteiger partial charge in [0.2, 0.25) is 0 Å². The summed E-state index contributed by atoms with van der Waals surface area (Å²) in [5.74, 6) is 0. The lowest BCUT2D eigenvalue weighted by molar-refractivity contribution is 0.660. The average molecular weight is 806 g/mol. The first-order valence-electron chi connectivity index (χ1n) is 21.8. The predicted octanol–water partition coefficient (Wildman–Crippen LogP) is 16.1. The van der Waals surface area contributed by atoms with Crippen LogP contribution in [0.4, 0.5) is 17.1 Å². The Bertz CT molecular complexity index is 3530. The maximum Gasteiger partial charge on any atom is 0.0730 e. The molecule has 0 aliphatic heterocycles. The van der Waals surface area contributed by atoms with Gasteiger partial charge in [-0.1, -0.05) is 172 Å². The van der Waals surface area contributed by atoms with Gasteiger partial charge in [-0.2, -0.15) is 0 Å².